The van der Waals surface area contributed by atoms with Gasteiger partial charge in [-0.05, 0) is 0 Å². The summed E-state index contributed by atoms with van der Waals surface area (Å²) in [4.78, 5) is 22.0. The van der Waals surface area contributed by atoms with Crippen LogP contribution in [0.15, 0.2) is 12.4 Å². The number of hydrogen-bond acceptors (Lipinski definition) is 5. The molecular formula is C9H13N5O2. The Kier molecular flexibility index (Phi) is 2.76. The van der Waals surface area contributed by atoms with E-state index in [1.165, 1.54) is 11.2 Å². The number of carbonyl (C=O) groups is 1. The van der Waals surface area contributed by atoms with Crippen LogP contribution in [0.1, 0.15) is 0 Å². The van der Waals surface area contributed by atoms with Crippen LogP contribution >= 0.6 is 0 Å². The summed E-state index contributed by atoms with van der Waals surface area (Å²) in [6.07, 6.45) is 0.538. The number of anilines is 2. The van der Waals surface area contributed by atoms with Crippen LogP contribution in [0.4, 0.5) is 16.4 Å². The topological polar surface area (TPSA) is 95.6 Å². The molecule has 1 amide bonds. The lowest BCUT2D eigenvalue weighted by atomic mass is 10.3. The second-order valence-corrected chi connectivity index (χ2v) is 3.56. The number of carboxylic acid groups (broad SMARTS) is 1. The molecule has 2 heterocycles. The summed E-state index contributed by atoms with van der Waals surface area (Å²) in [7, 11) is 0. The van der Waals surface area contributed by atoms with E-state index in [2.05, 4.69) is 9.97 Å². The Bertz CT molecular complexity index is 389. The summed E-state index contributed by atoms with van der Waals surface area (Å²) in [6.45, 7) is 2.23. The largest absolute Gasteiger partial charge is 0.465 e. The van der Waals surface area contributed by atoms with Gasteiger partial charge in [-0.1, -0.05) is 0 Å². The maximum atomic E-state index is 10.7. The lowest BCUT2D eigenvalue weighted by Crippen LogP contribution is -2.48. The van der Waals surface area contributed by atoms with Crippen molar-refractivity contribution in [2.45, 2.75) is 0 Å². The molecule has 86 valence electrons. The van der Waals surface area contributed by atoms with Gasteiger partial charge in [-0.15, -0.1) is 0 Å². The summed E-state index contributed by atoms with van der Waals surface area (Å²) in [5.41, 5.74) is 5.56. The molecule has 7 heteroatoms. The minimum Gasteiger partial charge on any atom is -0.465 e. The third-order valence-corrected chi connectivity index (χ3v) is 2.55. The first-order chi connectivity index (χ1) is 7.66. The molecule has 7 nitrogen and oxygen atoms in total. The highest BCUT2D eigenvalue weighted by atomic mass is 16.4. The predicted octanol–water partition coefficient (Wildman–Crippen LogP) is -0.141. The van der Waals surface area contributed by atoms with Crippen molar-refractivity contribution < 1.29 is 9.90 Å². The van der Waals surface area contributed by atoms with Gasteiger partial charge >= 0.3 is 6.09 Å². The van der Waals surface area contributed by atoms with Gasteiger partial charge in [-0.25, -0.2) is 14.8 Å². The van der Waals surface area contributed by atoms with E-state index in [0.717, 1.165) is 5.82 Å². The zero-order valence-corrected chi connectivity index (χ0v) is 8.70. The Morgan fingerprint density at radius 2 is 2.00 bits per heavy atom. The molecule has 0 saturated carbocycles. The zero-order valence-electron chi connectivity index (χ0n) is 8.70. The second kappa shape index (κ2) is 4.21. The maximum absolute atomic E-state index is 10.7. The van der Waals surface area contributed by atoms with E-state index < -0.39 is 6.09 Å². The Morgan fingerprint density at radius 1 is 1.31 bits per heavy atom. The number of nitrogen functional groups attached to an aromatic ring is 1. The van der Waals surface area contributed by atoms with Crippen molar-refractivity contribution in [2.24, 2.45) is 0 Å². The van der Waals surface area contributed by atoms with Crippen molar-refractivity contribution >= 4 is 17.7 Å². The molecule has 0 radical (unpaired) electrons. The summed E-state index contributed by atoms with van der Waals surface area (Å²) >= 11 is 0. The normalized spacial score (nSPS) is 16.2. The number of rotatable bonds is 1. The van der Waals surface area contributed by atoms with Crippen LogP contribution in [0.3, 0.4) is 0 Å². The van der Waals surface area contributed by atoms with Gasteiger partial charge in [0, 0.05) is 32.2 Å². The van der Waals surface area contributed by atoms with Gasteiger partial charge in [0.05, 0.1) is 0 Å². The quantitative estimate of drug-likeness (QED) is 0.688. The smallest absolute Gasteiger partial charge is 0.407 e. The van der Waals surface area contributed by atoms with Crippen molar-refractivity contribution in [3.05, 3.63) is 12.4 Å². The number of piperazine rings is 1. The van der Waals surface area contributed by atoms with Crippen molar-refractivity contribution in [3.8, 4) is 0 Å². The summed E-state index contributed by atoms with van der Waals surface area (Å²) < 4.78 is 0. The summed E-state index contributed by atoms with van der Waals surface area (Å²) in [5, 5.41) is 8.80. The fourth-order valence-electron chi connectivity index (χ4n) is 1.66. The molecular weight excluding hydrogens is 210 g/mol. The van der Waals surface area contributed by atoms with Crippen LogP contribution in [0.25, 0.3) is 0 Å². The predicted molar refractivity (Wildman–Crippen MR) is 58.3 cm³/mol. The molecule has 1 fully saturated rings. The molecule has 1 aromatic rings. The average molecular weight is 223 g/mol. The Balaban J connectivity index is 2.01. The van der Waals surface area contributed by atoms with Crippen molar-refractivity contribution in [1.82, 2.24) is 14.9 Å². The number of aromatic nitrogens is 2. The molecule has 2 rings (SSSR count). The van der Waals surface area contributed by atoms with E-state index in [0.29, 0.717) is 32.0 Å². The molecule has 1 aliphatic heterocycles. The fourth-order valence-corrected chi connectivity index (χ4v) is 1.66. The van der Waals surface area contributed by atoms with Gasteiger partial charge in [0.25, 0.3) is 0 Å². The van der Waals surface area contributed by atoms with E-state index in [4.69, 9.17) is 10.8 Å². The van der Waals surface area contributed by atoms with Gasteiger partial charge in [-0.3, -0.25) is 0 Å². The van der Waals surface area contributed by atoms with Gasteiger partial charge in [-0.2, -0.15) is 0 Å². The number of amides is 1. The van der Waals surface area contributed by atoms with Crippen molar-refractivity contribution in [3.63, 3.8) is 0 Å². The number of hydrogen-bond donors (Lipinski definition) is 2. The first-order valence-electron chi connectivity index (χ1n) is 4.97. The van der Waals surface area contributed by atoms with Crippen LogP contribution in [-0.4, -0.2) is 52.2 Å². The second-order valence-electron chi connectivity index (χ2n) is 3.56. The van der Waals surface area contributed by atoms with Crippen LogP contribution < -0.4 is 10.6 Å². The number of nitrogens with zero attached hydrogens (tertiary/aromatic N) is 4. The molecule has 3 N–H and O–H groups in total. The molecule has 0 bridgehead atoms. The molecule has 1 saturated heterocycles. The number of nitrogens with two attached hydrogens (primary N) is 1. The van der Waals surface area contributed by atoms with Gasteiger partial charge in [0.2, 0.25) is 0 Å². The molecule has 1 aliphatic rings. The molecule has 0 spiro atoms. The highest BCUT2D eigenvalue weighted by Crippen LogP contribution is 2.14. The van der Waals surface area contributed by atoms with E-state index in [1.54, 1.807) is 6.07 Å². The first-order valence-corrected chi connectivity index (χ1v) is 4.97. The minimum absolute atomic E-state index is 0.422. The van der Waals surface area contributed by atoms with Gasteiger partial charge in [0.1, 0.15) is 18.0 Å². The lowest BCUT2D eigenvalue weighted by Gasteiger charge is -2.33. The summed E-state index contributed by atoms with van der Waals surface area (Å²) in [5.74, 6) is 1.17. The Morgan fingerprint density at radius 3 is 2.56 bits per heavy atom. The van der Waals surface area contributed by atoms with Gasteiger partial charge < -0.3 is 20.6 Å². The third kappa shape index (κ3) is 2.13. The van der Waals surface area contributed by atoms with E-state index >= 15 is 0 Å². The van der Waals surface area contributed by atoms with E-state index in [-0.39, 0.29) is 0 Å². The average Bonchev–Trinajstić information content (AvgIpc) is 2.29. The molecule has 0 aliphatic carbocycles. The molecule has 16 heavy (non-hydrogen) atoms. The zero-order chi connectivity index (χ0) is 11.5. The maximum Gasteiger partial charge on any atom is 0.407 e. The highest BCUT2D eigenvalue weighted by molar-refractivity contribution is 5.65. The van der Waals surface area contributed by atoms with Crippen LogP contribution in [-0.2, 0) is 0 Å². The molecule has 0 aromatic carbocycles. The Labute approximate surface area is 92.5 Å². The Hall–Kier alpha value is -2.05. The molecule has 0 atom stereocenters. The monoisotopic (exact) mass is 223 g/mol. The van der Waals surface area contributed by atoms with Crippen molar-refractivity contribution in [1.29, 1.82) is 0 Å². The minimum atomic E-state index is -0.873. The van der Waals surface area contributed by atoms with Crippen LogP contribution in [0.5, 0.6) is 0 Å². The standard InChI is InChI=1S/C9H13N5O2/c10-7-5-8(12-6-11-7)13-1-3-14(4-2-13)9(15)16/h5-6H,1-4H2,(H,15,16)(H2,10,11,12). The van der Waals surface area contributed by atoms with E-state index in [9.17, 15) is 4.79 Å². The van der Waals surface area contributed by atoms with Crippen LogP contribution in [0, 0.1) is 0 Å². The third-order valence-electron chi connectivity index (χ3n) is 2.55. The van der Waals surface area contributed by atoms with Gasteiger partial charge in [0.15, 0.2) is 0 Å². The molecule has 0 unspecified atom stereocenters. The van der Waals surface area contributed by atoms with Crippen LogP contribution in [0.2, 0.25) is 0 Å². The summed E-state index contributed by atoms with van der Waals surface area (Å²) in [6, 6.07) is 1.69. The lowest BCUT2D eigenvalue weighted by molar-refractivity contribution is 0.142. The SMILES string of the molecule is Nc1cc(N2CCN(C(=O)O)CC2)ncn1. The first kappa shape index (κ1) is 10.5. The molecule has 1 aromatic heterocycles. The van der Waals surface area contributed by atoms with Crippen molar-refractivity contribution in [2.75, 3.05) is 36.8 Å². The highest BCUT2D eigenvalue weighted by Gasteiger charge is 2.21. The van der Waals surface area contributed by atoms with E-state index in [1.807, 2.05) is 4.90 Å². The fraction of sp³-hybridized carbons (Fsp3) is 0.444.